The van der Waals surface area contributed by atoms with Gasteiger partial charge in [-0.05, 0) is 5.75 Å². The molecule has 1 N–H and O–H groups in total. The smallest absolute Gasteiger partial charge is 0.304 e. The molecule has 0 saturated carbocycles. The molecule has 0 radical (unpaired) electrons. The summed E-state index contributed by atoms with van der Waals surface area (Å²) in [5.74, 6) is 2.64. The lowest BCUT2D eigenvalue weighted by Gasteiger charge is -2.06. The Morgan fingerprint density at radius 3 is 2.67 bits per heavy atom. The Morgan fingerprint density at radius 1 is 1.50 bits per heavy atom. The molecule has 0 saturated heterocycles. The Balaban J connectivity index is 3.19. The van der Waals surface area contributed by atoms with Gasteiger partial charge in [0.1, 0.15) is 0 Å². The molecule has 1 atom stereocenters. The molecule has 0 aliphatic heterocycles. The van der Waals surface area contributed by atoms with E-state index in [0.29, 0.717) is 0 Å². The lowest BCUT2D eigenvalue weighted by Crippen LogP contribution is -2.06. The number of rotatable bonds is 7. The molecule has 0 aromatic carbocycles. The first-order valence-electron chi connectivity index (χ1n) is 4.08. The zero-order valence-corrected chi connectivity index (χ0v) is 9.21. The standard InChI is InChI=1S/C8H16O2S2/c1-3-11-4-5-12-7(2)6-8(9)10/h7H,3-6H2,1-2H3,(H,9,10). The van der Waals surface area contributed by atoms with E-state index in [1.54, 1.807) is 11.8 Å². The van der Waals surface area contributed by atoms with Crippen LogP contribution in [0.5, 0.6) is 0 Å². The van der Waals surface area contributed by atoms with Gasteiger partial charge in [-0.3, -0.25) is 4.79 Å². The van der Waals surface area contributed by atoms with Crippen molar-refractivity contribution in [2.24, 2.45) is 0 Å². The molecule has 0 rings (SSSR count). The van der Waals surface area contributed by atoms with Gasteiger partial charge in [0.05, 0.1) is 6.42 Å². The molecule has 1 unspecified atom stereocenters. The average molecular weight is 208 g/mol. The van der Waals surface area contributed by atoms with Gasteiger partial charge in [0.15, 0.2) is 0 Å². The average Bonchev–Trinajstić information content (AvgIpc) is 1.97. The van der Waals surface area contributed by atoms with Crippen LogP contribution >= 0.6 is 23.5 Å². The third kappa shape index (κ3) is 8.27. The van der Waals surface area contributed by atoms with Crippen LogP contribution in [-0.4, -0.2) is 33.6 Å². The lowest BCUT2D eigenvalue weighted by atomic mass is 10.3. The third-order valence-electron chi connectivity index (χ3n) is 1.30. The second kappa shape index (κ2) is 7.80. The molecule has 0 aliphatic carbocycles. The van der Waals surface area contributed by atoms with Crippen LogP contribution in [0.4, 0.5) is 0 Å². The highest BCUT2D eigenvalue weighted by molar-refractivity contribution is 8.03. The molecule has 12 heavy (non-hydrogen) atoms. The molecule has 0 spiro atoms. The van der Waals surface area contributed by atoms with Crippen molar-refractivity contribution >= 4 is 29.5 Å². The number of thioether (sulfide) groups is 2. The molecule has 0 aliphatic rings. The first kappa shape index (κ1) is 12.2. The van der Waals surface area contributed by atoms with Crippen molar-refractivity contribution in [2.75, 3.05) is 17.3 Å². The predicted molar refractivity (Wildman–Crippen MR) is 57.2 cm³/mol. The van der Waals surface area contributed by atoms with E-state index in [2.05, 4.69) is 6.92 Å². The second-order valence-corrected chi connectivity index (χ2v) is 5.42. The Labute approximate surface area is 82.5 Å². The van der Waals surface area contributed by atoms with Crippen LogP contribution in [0.1, 0.15) is 20.3 Å². The zero-order chi connectivity index (χ0) is 9.40. The van der Waals surface area contributed by atoms with Crippen molar-refractivity contribution in [2.45, 2.75) is 25.5 Å². The van der Waals surface area contributed by atoms with Crippen molar-refractivity contribution in [3.63, 3.8) is 0 Å². The Morgan fingerprint density at radius 2 is 2.17 bits per heavy atom. The normalized spacial score (nSPS) is 12.8. The Hall–Kier alpha value is 0.170. The van der Waals surface area contributed by atoms with Crippen molar-refractivity contribution in [3.8, 4) is 0 Å². The first-order chi connectivity index (χ1) is 5.66. The molecule has 0 aromatic rings. The Kier molecular flexibility index (Phi) is 7.91. The van der Waals surface area contributed by atoms with Crippen LogP contribution in [0, 0.1) is 0 Å². The maximum atomic E-state index is 10.3. The highest BCUT2D eigenvalue weighted by Crippen LogP contribution is 2.15. The van der Waals surface area contributed by atoms with E-state index in [4.69, 9.17) is 5.11 Å². The molecule has 0 amide bonds. The van der Waals surface area contributed by atoms with Gasteiger partial charge < -0.3 is 5.11 Å². The number of carbonyl (C=O) groups is 1. The minimum atomic E-state index is -0.696. The van der Waals surface area contributed by atoms with Gasteiger partial charge in [0.2, 0.25) is 0 Å². The van der Waals surface area contributed by atoms with E-state index >= 15 is 0 Å². The van der Waals surface area contributed by atoms with E-state index in [1.807, 2.05) is 18.7 Å². The highest BCUT2D eigenvalue weighted by Gasteiger charge is 2.06. The molecule has 4 heteroatoms. The van der Waals surface area contributed by atoms with Crippen molar-refractivity contribution in [3.05, 3.63) is 0 Å². The minimum absolute atomic E-state index is 0.250. The fraction of sp³-hybridized carbons (Fsp3) is 0.875. The zero-order valence-electron chi connectivity index (χ0n) is 7.58. The van der Waals surface area contributed by atoms with Gasteiger partial charge in [-0.15, -0.1) is 0 Å². The molecule has 72 valence electrons. The van der Waals surface area contributed by atoms with Gasteiger partial charge in [-0.25, -0.2) is 0 Å². The number of carboxylic acid groups (broad SMARTS) is 1. The van der Waals surface area contributed by atoms with Gasteiger partial charge >= 0.3 is 5.97 Å². The minimum Gasteiger partial charge on any atom is -0.481 e. The fourth-order valence-electron chi connectivity index (χ4n) is 0.757. The summed E-state index contributed by atoms with van der Waals surface area (Å²) in [7, 11) is 0. The molecule has 0 fully saturated rings. The molecular formula is C8H16O2S2. The summed E-state index contributed by atoms with van der Waals surface area (Å²) in [5, 5.41) is 8.72. The summed E-state index contributed by atoms with van der Waals surface area (Å²) in [5.41, 5.74) is 0. The summed E-state index contributed by atoms with van der Waals surface area (Å²) < 4.78 is 0. The van der Waals surface area contributed by atoms with E-state index in [-0.39, 0.29) is 11.7 Å². The summed E-state index contributed by atoms with van der Waals surface area (Å²) in [6.07, 6.45) is 0.279. The van der Waals surface area contributed by atoms with E-state index in [9.17, 15) is 4.79 Å². The molecule has 2 nitrogen and oxygen atoms in total. The summed E-state index contributed by atoms with van der Waals surface area (Å²) in [6.45, 7) is 4.10. The van der Waals surface area contributed by atoms with Crippen LogP contribution in [0.25, 0.3) is 0 Å². The van der Waals surface area contributed by atoms with Crippen molar-refractivity contribution in [1.29, 1.82) is 0 Å². The molecule has 0 aromatic heterocycles. The largest absolute Gasteiger partial charge is 0.481 e. The maximum absolute atomic E-state index is 10.3. The summed E-state index contributed by atoms with van der Waals surface area (Å²) in [6, 6.07) is 0. The van der Waals surface area contributed by atoms with Crippen molar-refractivity contribution < 1.29 is 9.90 Å². The van der Waals surface area contributed by atoms with E-state index in [1.165, 1.54) is 0 Å². The fourth-order valence-corrected chi connectivity index (χ4v) is 2.57. The summed E-state index contributed by atoms with van der Waals surface area (Å²) in [4.78, 5) is 10.3. The number of hydrogen-bond donors (Lipinski definition) is 1. The van der Waals surface area contributed by atoms with Crippen molar-refractivity contribution in [1.82, 2.24) is 0 Å². The van der Waals surface area contributed by atoms with E-state index in [0.717, 1.165) is 17.3 Å². The van der Waals surface area contributed by atoms with Gasteiger partial charge in [0, 0.05) is 16.8 Å². The van der Waals surface area contributed by atoms with Gasteiger partial charge in [-0.1, -0.05) is 13.8 Å². The SMILES string of the molecule is CCSCCSC(C)CC(=O)O. The monoisotopic (exact) mass is 208 g/mol. The number of hydrogen-bond acceptors (Lipinski definition) is 3. The quantitative estimate of drug-likeness (QED) is 0.652. The Bertz CT molecular complexity index is 128. The molecular weight excluding hydrogens is 192 g/mol. The van der Waals surface area contributed by atoms with Crippen LogP contribution in [-0.2, 0) is 4.79 Å². The van der Waals surface area contributed by atoms with Gasteiger partial charge in [-0.2, -0.15) is 23.5 Å². The van der Waals surface area contributed by atoms with Crippen LogP contribution < -0.4 is 0 Å². The predicted octanol–water partition coefficient (Wildman–Crippen LogP) is 2.34. The van der Waals surface area contributed by atoms with Crippen LogP contribution in [0.3, 0.4) is 0 Å². The molecule has 0 bridgehead atoms. The van der Waals surface area contributed by atoms with Crippen LogP contribution in [0.2, 0.25) is 0 Å². The number of carboxylic acids is 1. The second-order valence-electron chi connectivity index (χ2n) is 2.48. The van der Waals surface area contributed by atoms with E-state index < -0.39 is 5.97 Å². The maximum Gasteiger partial charge on any atom is 0.304 e. The lowest BCUT2D eigenvalue weighted by molar-refractivity contribution is -0.136. The van der Waals surface area contributed by atoms with Gasteiger partial charge in [0.25, 0.3) is 0 Å². The molecule has 0 heterocycles. The third-order valence-corrected chi connectivity index (χ3v) is 3.63. The first-order valence-corrected chi connectivity index (χ1v) is 6.28. The topological polar surface area (TPSA) is 37.3 Å². The summed E-state index contributed by atoms with van der Waals surface area (Å²) >= 11 is 3.64. The highest BCUT2D eigenvalue weighted by atomic mass is 32.2. The number of aliphatic carboxylic acids is 1. The van der Waals surface area contributed by atoms with Crippen LogP contribution in [0.15, 0.2) is 0 Å².